The van der Waals surface area contributed by atoms with E-state index in [4.69, 9.17) is 0 Å². The first-order chi connectivity index (χ1) is 6.41. The molecule has 0 fully saturated rings. The topological polar surface area (TPSA) is 0 Å². The summed E-state index contributed by atoms with van der Waals surface area (Å²) in [4.78, 5) is 0. The third-order valence-electron chi connectivity index (χ3n) is 4.20. The second-order valence-corrected chi connectivity index (χ2v) is 5.26. The van der Waals surface area contributed by atoms with Gasteiger partial charge in [-0.3, -0.25) is 0 Å². The molecule has 1 atom stereocenters. The fourth-order valence-corrected chi connectivity index (χ4v) is 2.31. The molecule has 0 aromatic rings. The first-order valence-corrected chi connectivity index (χ1v) is 5.78. The van der Waals surface area contributed by atoms with E-state index in [1.807, 2.05) is 0 Å². The van der Waals surface area contributed by atoms with Crippen molar-refractivity contribution in [2.75, 3.05) is 0 Å². The quantitative estimate of drug-likeness (QED) is 0.606. The predicted molar refractivity (Wildman–Crippen MR) is 64.3 cm³/mol. The van der Waals surface area contributed by atoms with Crippen molar-refractivity contribution in [3.8, 4) is 0 Å². The highest BCUT2D eigenvalue weighted by molar-refractivity contribution is 5.44. The van der Waals surface area contributed by atoms with Gasteiger partial charge in [0.25, 0.3) is 0 Å². The Morgan fingerprint density at radius 1 is 1.36 bits per heavy atom. The molecular weight excluding hydrogens is 168 g/mol. The molecule has 0 aromatic heterocycles. The molecule has 1 unspecified atom stereocenters. The Kier molecular flexibility index (Phi) is 3.24. The molecule has 0 heteroatoms. The second kappa shape index (κ2) is 3.92. The second-order valence-electron chi connectivity index (χ2n) is 5.26. The lowest BCUT2D eigenvalue weighted by Gasteiger charge is -2.34. The molecule has 14 heavy (non-hydrogen) atoms. The van der Waals surface area contributed by atoms with Crippen LogP contribution >= 0.6 is 0 Å². The summed E-state index contributed by atoms with van der Waals surface area (Å²) in [6.45, 7) is 13.9. The Bertz CT molecular complexity index is 276. The summed E-state index contributed by atoms with van der Waals surface area (Å²) in [7, 11) is 0. The Hall–Kier alpha value is -0.520. The van der Waals surface area contributed by atoms with E-state index in [1.54, 1.807) is 11.1 Å². The van der Waals surface area contributed by atoms with Crippen molar-refractivity contribution < 1.29 is 0 Å². The zero-order chi connectivity index (χ0) is 10.9. The van der Waals surface area contributed by atoms with Gasteiger partial charge in [0.15, 0.2) is 0 Å². The van der Waals surface area contributed by atoms with Crippen LogP contribution in [0, 0.1) is 11.3 Å². The molecule has 1 aliphatic rings. The van der Waals surface area contributed by atoms with Crippen molar-refractivity contribution in [3.63, 3.8) is 0 Å². The standard InChI is InChI=1S/C14H24/c1-7-11(3)14(5,6)13-9-8-10(2)12(13)4/h9,11H,7-8H2,1-6H3. The van der Waals surface area contributed by atoms with Gasteiger partial charge in [-0.15, -0.1) is 0 Å². The maximum Gasteiger partial charge on any atom is -0.00785 e. The molecule has 0 N–H and O–H groups in total. The van der Waals surface area contributed by atoms with Crippen LogP contribution in [0.15, 0.2) is 22.8 Å². The average molecular weight is 192 g/mol. The fourth-order valence-electron chi connectivity index (χ4n) is 2.31. The first kappa shape index (κ1) is 11.6. The number of hydrogen-bond acceptors (Lipinski definition) is 0. The van der Waals surface area contributed by atoms with Crippen molar-refractivity contribution in [2.45, 2.75) is 54.4 Å². The van der Waals surface area contributed by atoms with Crippen molar-refractivity contribution in [1.82, 2.24) is 0 Å². The maximum absolute atomic E-state index is 2.43. The predicted octanol–water partition coefficient (Wildman–Crippen LogP) is 4.73. The molecule has 1 aliphatic carbocycles. The van der Waals surface area contributed by atoms with Crippen LogP contribution in [0.2, 0.25) is 0 Å². The van der Waals surface area contributed by atoms with Gasteiger partial charge in [0, 0.05) is 0 Å². The Morgan fingerprint density at radius 2 is 1.93 bits per heavy atom. The summed E-state index contributed by atoms with van der Waals surface area (Å²) >= 11 is 0. The van der Waals surface area contributed by atoms with E-state index in [2.05, 4.69) is 47.6 Å². The molecule has 1 rings (SSSR count). The van der Waals surface area contributed by atoms with Crippen LogP contribution in [-0.4, -0.2) is 0 Å². The molecule has 0 aromatic carbocycles. The zero-order valence-electron chi connectivity index (χ0n) is 10.6. The van der Waals surface area contributed by atoms with E-state index < -0.39 is 0 Å². The van der Waals surface area contributed by atoms with Gasteiger partial charge in [0.05, 0.1) is 0 Å². The smallest absolute Gasteiger partial charge is 0.00785 e. The van der Waals surface area contributed by atoms with Crippen LogP contribution in [0.5, 0.6) is 0 Å². The van der Waals surface area contributed by atoms with Crippen LogP contribution < -0.4 is 0 Å². The molecule has 0 spiro atoms. The molecule has 80 valence electrons. The SMILES string of the molecule is CCC(C)C(C)(C)C1=CCC(C)=C1C. The minimum Gasteiger partial charge on any atom is -0.0764 e. The number of hydrogen-bond donors (Lipinski definition) is 0. The van der Waals surface area contributed by atoms with E-state index in [1.165, 1.54) is 18.4 Å². The van der Waals surface area contributed by atoms with Crippen LogP contribution in [0.3, 0.4) is 0 Å². The van der Waals surface area contributed by atoms with Crippen molar-refractivity contribution in [1.29, 1.82) is 0 Å². The van der Waals surface area contributed by atoms with Gasteiger partial charge < -0.3 is 0 Å². The number of allylic oxidation sites excluding steroid dienone is 4. The minimum absolute atomic E-state index is 0.344. The molecule has 0 nitrogen and oxygen atoms in total. The third-order valence-corrected chi connectivity index (χ3v) is 4.20. The molecule has 0 heterocycles. The van der Waals surface area contributed by atoms with Gasteiger partial charge in [-0.1, -0.05) is 45.8 Å². The minimum atomic E-state index is 0.344. The molecule has 0 saturated carbocycles. The summed E-state index contributed by atoms with van der Waals surface area (Å²) in [6, 6.07) is 0. The highest BCUT2D eigenvalue weighted by Gasteiger charge is 2.31. The van der Waals surface area contributed by atoms with Gasteiger partial charge in [-0.25, -0.2) is 0 Å². The monoisotopic (exact) mass is 192 g/mol. The summed E-state index contributed by atoms with van der Waals surface area (Å²) < 4.78 is 0. The highest BCUT2D eigenvalue weighted by atomic mass is 14.4. The Morgan fingerprint density at radius 3 is 2.29 bits per heavy atom. The molecule has 0 aliphatic heterocycles. The average Bonchev–Trinajstić information content (AvgIpc) is 2.46. The third kappa shape index (κ3) is 1.80. The first-order valence-electron chi connectivity index (χ1n) is 5.78. The van der Waals surface area contributed by atoms with Gasteiger partial charge in [0.2, 0.25) is 0 Å². The van der Waals surface area contributed by atoms with Crippen molar-refractivity contribution in [2.24, 2.45) is 11.3 Å². The highest BCUT2D eigenvalue weighted by Crippen LogP contribution is 2.44. The summed E-state index contributed by atoms with van der Waals surface area (Å²) in [6.07, 6.45) is 4.86. The molecule has 0 amide bonds. The van der Waals surface area contributed by atoms with Gasteiger partial charge >= 0.3 is 0 Å². The lowest BCUT2D eigenvalue weighted by Crippen LogP contribution is -2.23. The molecule has 0 radical (unpaired) electrons. The van der Waals surface area contributed by atoms with E-state index in [0.717, 1.165) is 5.92 Å². The Labute approximate surface area is 89.1 Å². The van der Waals surface area contributed by atoms with Gasteiger partial charge in [-0.2, -0.15) is 0 Å². The summed E-state index contributed by atoms with van der Waals surface area (Å²) in [5.41, 5.74) is 5.02. The number of rotatable bonds is 3. The van der Waals surface area contributed by atoms with Crippen molar-refractivity contribution >= 4 is 0 Å². The van der Waals surface area contributed by atoms with Crippen LogP contribution in [0.1, 0.15) is 54.4 Å². The van der Waals surface area contributed by atoms with Crippen LogP contribution in [0.4, 0.5) is 0 Å². The normalized spacial score (nSPS) is 20.0. The summed E-state index contributed by atoms with van der Waals surface area (Å²) in [5.74, 6) is 0.759. The lowest BCUT2D eigenvalue weighted by molar-refractivity contribution is 0.282. The van der Waals surface area contributed by atoms with E-state index in [0.29, 0.717) is 5.41 Å². The van der Waals surface area contributed by atoms with Crippen LogP contribution in [0.25, 0.3) is 0 Å². The van der Waals surface area contributed by atoms with Gasteiger partial charge in [-0.05, 0) is 42.7 Å². The molecule has 0 saturated heterocycles. The summed E-state index contributed by atoms with van der Waals surface area (Å²) in [5, 5.41) is 0. The fraction of sp³-hybridized carbons (Fsp3) is 0.714. The van der Waals surface area contributed by atoms with E-state index in [-0.39, 0.29) is 0 Å². The maximum atomic E-state index is 2.43. The van der Waals surface area contributed by atoms with E-state index in [9.17, 15) is 0 Å². The van der Waals surface area contributed by atoms with Crippen molar-refractivity contribution in [3.05, 3.63) is 22.8 Å². The zero-order valence-corrected chi connectivity index (χ0v) is 10.6. The Balaban J connectivity index is 2.95. The largest absolute Gasteiger partial charge is 0.0764 e. The van der Waals surface area contributed by atoms with E-state index >= 15 is 0 Å². The molecular formula is C14H24. The van der Waals surface area contributed by atoms with Crippen LogP contribution in [-0.2, 0) is 0 Å². The molecule has 0 bridgehead atoms. The lowest BCUT2D eigenvalue weighted by atomic mass is 9.71. The van der Waals surface area contributed by atoms with Gasteiger partial charge in [0.1, 0.15) is 0 Å².